The molecule has 1 atom stereocenters. The normalized spacial score (nSPS) is 11.7. The van der Waals surface area contributed by atoms with Crippen LogP contribution in [-0.2, 0) is 26.2 Å². The Bertz CT molecular complexity index is 1380. The van der Waals surface area contributed by atoms with Crippen LogP contribution in [0.1, 0.15) is 12.5 Å². The van der Waals surface area contributed by atoms with Crippen molar-refractivity contribution in [1.29, 1.82) is 0 Å². The molecule has 2 amide bonds. The predicted octanol–water partition coefficient (Wildman–Crippen LogP) is 3.07. The molecule has 11 heteroatoms. The number of nitrogens with zero attached hydrogens (tertiary/aromatic N) is 2. The maximum Gasteiger partial charge on any atom is 0.264 e. The number of methoxy groups -OCH3 is 3. The minimum absolute atomic E-state index is 0.00800. The van der Waals surface area contributed by atoms with Crippen LogP contribution in [0.15, 0.2) is 77.7 Å². The molecule has 0 saturated carbocycles. The largest absolute Gasteiger partial charge is 0.497 e. The first-order valence-corrected chi connectivity index (χ1v) is 13.5. The zero-order chi connectivity index (χ0) is 28.6. The van der Waals surface area contributed by atoms with Crippen LogP contribution in [0.25, 0.3) is 0 Å². The van der Waals surface area contributed by atoms with E-state index in [-0.39, 0.29) is 23.0 Å². The molecule has 0 aliphatic rings. The third-order valence-corrected chi connectivity index (χ3v) is 7.98. The van der Waals surface area contributed by atoms with Crippen LogP contribution in [0.3, 0.4) is 0 Å². The van der Waals surface area contributed by atoms with Crippen molar-refractivity contribution in [2.45, 2.75) is 24.4 Å². The Balaban J connectivity index is 2.06. The first kappa shape index (κ1) is 29.3. The fraction of sp³-hybridized carbons (Fsp3) is 0.286. The molecule has 0 fully saturated rings. The van der Waals surface area contributed by atoms with Gasteiger partial charge in [0.1, 0.15) is 18.3 Å². The molecular weight excluding hydrogens is 522 g/mol. The second-order valence-electron chi connectivity index (χ2n) is 8.52. The van der Waals surface area contributed by atoms with Gasteiger partial charge in [0, 0.05) is 19.7 Å². The highest BCUT2D eigenvalue weighted by Crippen LogP contribution is 2.34. The van der Waals surface area contributed by atoms with E-state index in [0.29, 0.717) is 17.2 Å². The van der Waals surface area contributed by atoms with Crippen molar-refractivity contribution in [3.8, 4) is 17.2 Å². The zero-order valence-corrected chi connectivity index (χ0v) is 23.4. The number of ether oxygens (including phenoxy) is 3. The van der Waals surface area contributed by atoms with Gasteiger partial charge >= 0.3 is 0 Å². The summed E-state index contributed by atoms with van der Waals surface area (Å²) in [5, 5.41) is 2.56. The molecule has 3 rings (SSSR count). The van der Waals surface area contributed by atoms with Gasteiger partial charge in [0.25, 0.3) is 10.0 Å². The first-order chi connectivity index (χ1) is 18.7. The lowest BCUT2D eigenvalue weighted by molar-refractivity contribution is -0.139. The number of likely N-dealkylation sites (N-methyl/N-ethyl adjacent to an activating group) is 1. The number of rotatable bonds is 12. The van der Waals surface area contributed by atoms with Gasteiger partial charge in [-0.25, -0.2) is 8.42 Å². The van der Waals surface area contributed by atoms with Crippen molar-refractivity contribution >= 4 is 27.5 Å². The fourth-order valence-electron chi connectivity index (χ4n) is 3.95. The van der Waals surface area contributed by atoms with E-state index in [0.717, 1.165) is 9.87 Å². The molecule has 1 N–H and O–H groups in total. The summed E-state index contributed by atoms with van der Waals surface area (Å²) in [6.07, 6.45) is 0. The minimum Gasteiger partial charge on any atom is -0.497 e. The Hall–Kier alpha value is -4.25. The predicted molar refractivity (Wildman–Crippen MR) is 148 cm³/mol. The van der Waals surface area contributed by atoms with E-state index in [2.05, 4.69) is 5.32 Å². The third-order valence-electron chi connectivity index (χ3n) is 6.19. The first-order valence-electron chi connectivity index (χ1n) is 12.1. The van der Waals surface area contributed by atoms with Gasteiger partial charge in [-0.15, -0.1) is 0 Å². The van der Waals surface area contributed by atoms with Gasteiger partial charge in [-0.2, -0.15) is 0 Å². The zero-order valence-electron chi connectivity index (χ0n) is 22.6. The fourth-order valence-corrected chi connectivity index (χ4v) is 5.37. The summed E-state index contributed by atoms with van der Waals surface area (Å²) in [5.74, 6) is 0.379. The topological polar surface area (TPSA) is 114 Å². The minimum atomic E-state index is -4.19. The van der Waals surface area contributed by atoms with Gasteiger partial charge in [0.05, 0.1) is 31.9 Å². The van der Waals surface area contributed by atoms with Crippen molar-refractivity contribution in [2.75, 3.05) is 39.2 Å². The van der Waals surface area contributed by atoms with Gasteiger partial charge in [0.2, 0.25) is 11.8 Å². The SMILES string of the molecule is CNC(=O)[C@@H](C)N(Cc1ccc(OC)cc1)C(=O)CN(c1ccc(OC)c(OC)c1)S(=O)(=O)c1ccccc1. The van der Waals surface area contributed by atoms with Crippen LogP contribution in [0.5, 0.6) is 17.2 Å². The Morgan fingerprint density at radius 2 is 1.51 bits per heavy atom. The number of anilines is 1. The summed E-state index contributed by atoms with van der Waals surface area (Å²) >= 11 is 0. The average molecular weight is 556 g/mol. The molecule has 3 aromatic rings. The number of carbonyl (C=O) groups excluding carboxylic acids is 2. The molecule has 0 aliphatic heterocycles. The summed E-state index contributed by atoms with van der Waals surface area (Å²) in [4.78, 5) is 27.8. The number of nitrogens with one attached hydrogen (secondary N) is 1. The van der Waals surface area contributed by atoms with Crippen LogP contribution >= 0.6 is 0 Å². The van der Waals surface area contributed by atoms with Crippen molar-refractivity contribution in [2.24, 2.45) is 0 Å². The summed E-state index contributed by atoms with van der Waals surface area (Å²) in [6.45, 7) is 1.10. The number of sulfonamides is 1. The molecule has 10 nitrogen and oxygen atoms in total. The van der Waals surface area contributed by atoms with Crippen LogP contribution in [0, 0.1) is 0 Å². The lowest BCUT2D eigenvalue weighted by Crippen LogP contribution is -2.50. The number of amides is 2. The molecule has 0 aliphatic carbocycles. The molecule has 0 spiro atoms. The Morgan fingerprint density at radius 3 is 2.08 bits per heavy atom. The monoisotopic (exact) mass is 555 g/mol. The van der Waals surface area contributed by atoms with Crippen molar-refractivity contribution in [3.63, 3.8) is 0 Å². The summed E-state index contributed by atoms with van der Waals surface area (Å²) in [7, 11) is 1.74. The molecule has 39 heavy (non-hydrogen) atoms. The molecule has 0 saturated heterocycles. The highest BCUT2D eigenvalue weighted by Gasteiger charge is 2.32. The van der Waals surface area contributed by atoms with Gasteiger partial charge in [0.15, 0.2) is 11.5 Å². The molecule has 0 aromatic heterocycles. The molecule has 0 radical (unpaired) electrons. The second kappa shape index (κ2) is 13.0. The highest BCUT2D eigenvalue weighted by molar-refractivity contribution is 7.92. The lowest BCUT2D eigenvalue weighted by Gasteiger charge is -2.32. The van der Waals surface area contributed by atoms with Crippen LogP contribution in [0.4, 0.5) is 5.69 Å². The summed E-state index contributed by atoms with van der Waals surface area (Å²) in [5.41, 5.74) is 0.935. The van der Waals surface area contributed by atoms with E-state index in [4.69, 9.17) is 14.2 Å². The van der Waals surface area contributed by atoms with Crippen molar-refractivity contribution in [1.82, 2.24) is 10.2 Å². The van der Waals surface area contributed by atoms with Gasteiger partial charge in [-0.05, 0) is 48.9 Å². The molecule has 0 unspecified atom stereocenters. The smallest absolute Gasteiger partial charge is 0.264 e. The molecule has 0 heterocycles. The van der Waals surface area contributed by atoms with Crippen LogP contribution in [0.2, 0.25) is 0 Å². The summed E-state index contributed by atoms with van der Waals surface area (Å²) < 4.78 is 44.5. The van der Waals surface area contributed by atoms with Gasteiger partial charge in [-0.3, -0.25) is 13.9 Å². The lowest BCUT2D eigenvalue weighted by atomic mass is 10.1. The molecule has 0 bridgehead atoms. The molecule has 3 aromatic carbocycles. The average Bonchev–Trinajstić information content (AvgIpc) is 2.97. The highest BCUT2D eigenvalue weighted by atomic mass is 32.2. The Kier molecular flexibility index (Phi) is 9.78. The van der Waals surface area contributed by atoms with Gasteiger partial charge < -0.3 is 24.4 Å². The number of carbonyl (C=O) groups is 2. The second-order valence-corrected chi connectivity index (χ2v) is 10.4. The van der Waals surface area contributed by atoms with Crippen molar-refractivity contribution < 1.29 is 32.2 Å². The molecule has 208 valence electrons. The number of hydrogen-bond acceptors (Lipinski definition) is 7. The van der Waals surface area contributed by atoms with Crippen molar-refractivity contribution in [3.05, 3.63) is 78.4 Å². The van der Waals surface area contributed by atoms with E-state index >= 15 is 0 Å². The van der Waals surface area contributed by atoms with Crippen LogP contribution in [-0.4, -0.2) is 66.1 Å². The van der Waals surface area contributed by atoms with Crippen LogP contribution < -0.4 is 23.8 Å². The standard InChI is InChI=1S/C28H33N3O7S/c1-20(28(33)29-2)30(18-21-11-14-23(36-3)15-12-21)27(32)19-31(39(34,35)24-9-7-6-8-10-24)22-13-16-25(37-4)26(17-22)38-5/h6-17,20H,18-19H2,1-5H3,(H,29,33)/t20-/m1/s1. The number of hydrogen-bond donors (Lipinski definition) is 1. The van der Waals surface area contributed by atoms with Gasteiger partial charge in [-0.1, -0.05) is 30.3 Å². The molecular formula is C28H33N3O7S. The third kappa shape index (κ3) is 6.80. The quantitative estimate of drug-likeness (QED) is 0.365. The van der Waals surface area contributed by atoms with E-state index in [1.54, 1.807) is 62.6 Å². The van der Waals surface area contributed by atoms with E-state index in [1.807, 2.05) is 0 Å². The maximum absolute atomic E-state index is 13.8. The maximum atomic E-state index is 13.8. The van der Waals surface area contributed by atoms with E-state index in [1.165, 1.54) is 50.4 Å². The Morgan fingerprint density at radius 1 is 0.872 bits per heavy atom. The number of benzene rings is 3. The van der Waals surface area contributed by atoms with E-state index < -0.39 is 28.5 Å². The Labute approximate surface area is 229 Å². The summed E-state index contributed by atoms with van der Waals surface area (Å²) in [6, 6.07) is 18.6. The van der Waals surface area contributed by atoms with E-state index in [9.17, 15) is 18.0 Å².